The summed E-state index contributed by atoms with van der Waals surface area (Å²) >= 11 is 1.96. The normalized spacial score (nSPS) is 19.4. The fourth-order valence-corrected chi connectivity index (χ4v) is 8.74. The Hall–Kier alpha value is -4.54. The molecule has 2 unspecified atom stereocenters. The predicted octanol–water partition coefficient (Wildman–Crippen LogP) is 9.38. The number of nitrogens with zero attached hydrogens (tertiary/aromatic N) is 1. The molecule has 0 radical (unpaired) electrons. The Bertz CT molecular complexity index is 2290. The SMILES string of the molecule is C1=CC2Nc3c(n4c5ccc(-c6cccc7ccccc67)cc5c5cc6c7c(sc6c3c54)C=CCC7)NC2C=C1. The number of nitrogens with one attached hydrogen (secondary N) is 2. The minimum absolute atomic E-state index is 0.232. The molecule has 0 saturated heterocycles. The van der Waals surface area contributed by atoms with Gasteiger partial charge in [-0.2, -0.15) is 0 Å². The molecule has 4 aromatic carbocycles. The van der Waals surface area contributed by atoms with Gasteiger partial charge in [-0.3, -0.25) is 4.40 Å². The van der Waals surface area contributed by atoms with Gasteiger partial charge in [0.15, 0.2) is 0 Å². The third-order valence-electron chi connectivity index (χ3n) is 9.23. The van der Waals surface area contributed by atoms with E-state index < -0.39 is 0 Å². The van der Waals surface area contributed by atoms with Gasteiger partial charge in [-0.15, -0.1) is 11.3 Å². The van der Waals surface area contributed by atoms with Crippen LogP contribution in [0, 0.1) is 0 Å². The van der Waals surface area contributed by atoms with Crippen LogP contribution in [0.25, 0.3) is 65.3 Å². The minimum Gasteiger partial charge on any atom is -0.373 e. The highest BCUT2D eigenvalue weighted by atomic mass is 32.1. The fourth-order valence-electron chi connectivity index (χ4n) is 7.43. The van der Waals surface area contributed by atoms with Crippen molar-refractivity contribution < 1.29 is 0 Å². The number of fused-ring (bicyclic) bond motifs is 12. The number of anilines is 2. The highest BCUT2D eigenvalue weighted by molar-refractivity contribution is 7.21. The van der Waals surface area contributed by atoms with E-state index >= 15 is 0 Å². The molecule has 0 bridgehead atoms. The second kappa shape index (κ2) is 7.56. The van der Waals surface area contributed by atoms with Gasteiger partial charge < -0.3 is 10.6 Å². The number of thiophene rings is 1. The molecule has 10 rings (SSSR count). The average molecular weight is 532 g/mol. The molecule has 3 nitrogen and oxygen atoms in total. The number of aromatic nitrogens is 1. The molecule has 2 atom stereocenters. The quantitative estimate of drug-likeness (QED) is 0.221. The van der Waals surface area contributed by atoms with Crippen LogP contribution in [0.2, 0.25) is 0 Å². The van der Waals surface area contributed by atoms with Gasteiger partial charge in [-0.1, -0.05) is 78.9 Å². The molecule has 0 fully saturated rings. The standard InChI is InChI=1S/C36H25N3S/c1-2-10-22-20(8-1)9-7-12-23(22)21-16-17-30-25(18-21)26-19-27-24-11-3-6-15-31(24)40-35(27)32-33-36(39(30)34(26)32)38-29-14-5-4-13-28(29)37-33/h1-2,4-10,12-19,28-29,37-38H,3,11H2. The lowest BCUT2D eigenvalue weighted by molar-refractivity contribution is 0.760. The number of allylic oxidation sites excluding steroid dienone is 3. The molecule has 40 heavy (non-hydrogen) atoms. The Morgan fingerprint density at radius 2 is 1.68 bits per heavy atom. The Morgan fingerprint density at radius 1 is 0.800 bits per heavy atom. The topological polar surface area (TPSA) is 28.5 Å². The van der Waals surface area contributed by atoms with E-state index in [0.29, 0.717) is 0 Å². The molecule has 4 heterocycles. The van der Waals surface area contributed by atoms with Crippen LogP contribution in [0.1, 0.15) is 16.9 Å². The average Bonchev–Trinajstić information content (AvgIpc) is 3.65. The lowest BCUT2D eigenvalue weighted by Crippen LogP contribution is -2.41. The smallest absolute Gasteiger partial charge is 0.136 e. The van der Waals surface area contributed by atoms with Crippen LogP contribution < -0.4 is 10.6 Å². The summed E-state index contributed by atoms with van der Waals surface area (Å²) in [7, 11) is 0. The summed E-state index contributed by atoms with van der Waals surface area (Å²) < 4.78 is 3.90. The first kappa shape index (κ1) is 21.3. The van der Waals surface area contributed by atoms with E-state index in [1.54, 1.807) is 0 Å². The summed E-state index contributed by atoms with van der Waals surface area (Å²) in [5, 5.41) is 15.9. The predicted molar refractivity (Wildman–Crippen MR) is 172 cm³/mol. The van der Waals surface area contributed by atoms with Gasteiger partial charge in [0.1, 0.15) is 5.82 Å². The first-order valence-electron chi connectivity index (χ1n) is 14.2. The second-order valence-corrected chi connectivity index (χ2v) is 12.4. The molecule has 0 amide bonds. The van der Waals surface area contributed by atoms with E-state index in [1.165, 1.54) is 81.1 Å². The molecule has 2 N–H and O–H groups in total. The molecule has 7 aromatic rings. The lowest BCUT2D eigenvalue weighted by atomic mass is 9.95. The zero-order valence-electron chi connectivity index (χ0n) is 21.7. The summed E-state index contributed by atoms with van der Waals surface area (Å²) in [5.74, 6) is 1.18. The van der Waals surface area contributed by atoms with Crippen LogP contribution >= 0.6 is 11.3 Å². The van der Waals surface area contributed by atoms with Crippen LogP contribution in [0.5, 0.6) is 0 Å². The Morgan fingerprint density at radius 3 is 2.62 bits per heavy atom. The highest BCUT2D eigenvalue weighted by Crippen LogP contribution is 2.52. The molecule has 3 aliphatic rings. The third kappa shape index (κ3) is 2.64. The van der Waals surface area contributed by atoms with Crippen molar-refractivity contribution in [1.82, 2.24) is 4.40 Å². The Kier molecular flexibility index (Phi) is 4.02. The fraction of sp³-hybridized carbons (Fsp3) is 0.111. The molecular weight excluding hydrogens is 506 g/mol. The van der Waals surface area contributed by atoms with E-state index in [2.05, 4.69) is 118 Å². The maximum absolute atomic E-state index is 3.95. The maximum atomic E-state index is 3.95. The van der Waals surface area contributed by atoms with Gasteiger partial charge in [-0.25, -0.2) is 0 Å². The largest absolute Gasteiger partial charge is 0.373 e. The molecule has 1 aliphatic heterocycles. The van der Waals surface area contributed by atoms with Crippen molar-refractivity contribution in [2.45, 2.75) is 24.9 Å². The molecule has 0 spiro atoms. The highest BCUT2D eigenvalue weighted by Gasteiger charge is 2.33. The number of hydrogen-bond acceptors (Lipinski definition) is 3. The van der Waals surface area contributed by atoms with Gasteiger partial charge in [0.05, 0.1) is 28.8 Å². The first-order chi connectivity index (χ1) is 19.8. The maximum Gasteiger partial charge on any atom is 0.136 e. The summed E-state index contributed by atoms with van der Waals surface area (Å²) in [6.07, 6.45) is 15.8. The second-order valence-electron chi connectivity index (χ2n) is 11.3. The van der Waals surface area contributed by atoms with Crippen LogP contribution in [0.4, 0.5) is 11.5 Å². The summed E-state index contributed by atoms with van der Waals surface area (Å²) in [6.45, 7) is 0. The number of rotatable bonds is 1. The molecule has 3 aromatic heterocycles. The molecular formula is C36H25N3S. The molecule has 0 saturated carbocycles. The zero-order chi connectivity index (χ0) is 25.9. The van der Waals surface area contributed by atoms with Crippen LogP contribution in [-0.2, 0) is 6.42 Å². The van der Waals surface area contributed by atoms with E-state index in [1.807, 2.05) is 11.3 Å². The Balaban J connectivity index is 1.34. The van der Waals surface area contributed by atoms with Gasteiger partial charge >= 0.3 is 0 Å². The zero-order valence-corrected chi connectivity index (χ0v) is 22.6. The van der Waals surface area contributed by atoms with Gasteiger partial charge in [-0.05, 0) is 70.0 Å². The van der Waals surface area contributed by atoms with Crippen molar-refractivity contribution in [1.29, 1.82) is 0 Å². The summed E-state index contributed by atoms with van der Waals surface area (Å²) in [5.41, 5.74) is 7.91. The van der Waals surface area contributed by atoms with E-state index in [0.717, 1.165) is 12.8 Å². The molecule has 4 heteroatoms. The first-order valence-corrected chi connectivity index (χ1v) is 15.0. The van der Waals surface area contributed by atoms with E-state index in [4.69, 9.17) is 0 Å². The van der Waals surface area contributed by atoms with Gasteiger partial charge in [0.2, 0.25) is 0 Å². The van der Waals surface area contributed by atoms with Crippen molar-refractivity contribution in [2.24, 2.45) is 0 Å². The molecule has 2 aliphatic carbocycles. The van der Waals surface area contributed by atoms with Crippen molar-refractivity contribution >= 4 is 77.0 Å². The summed E-state index contributed by atoms with van der Waals surface area (Å²) in [6, 6.07) is 25.4. The van der Waals surface area contributed by atoms with E-state index in [9.17, 15) is 0 Å². The van der Waals surface area contributed by atoms with Gasteiger partial charge in [0, 0.05) is 25.7 Å². The third-order valence-corrected chi connectivity index (χ3v) is 10.5. The van der Waals surface area contributed by atoms with Crippen molar-refractivity contribution in [2.75, 3.05) is 10.6 Å². The van der Waals surface area contributed by atoms with Crippen LogP contribution in [-0.4, -0.2) is 16.5 Å². The monoisotopic (exact) mass is 531 g/mol. The van der Waals surface area contributed by atoms with E-state index in [-0.39, 0.29) is 12.1 Å². The molecule has 190 valence electrons. The van der Waals surface area contributed by atoms with Crippen molar-refractivity contribution in [3.8, 4) is 11.1 Å². The van der Waals surface area contributed by atoms with Crippen LogP contribution in [0.3, 0.4) is 0 Å². The van der Waals surface area contributed by atoms with Crippen molar-refractivity contribution in [3.05, 3.63) is 108 Å². The van der Waals surface area contributed by atoms with Crippen LogP contribution in [0.15, 0.2) is 97.1 Å². The number of benzene rings is 4. The minimum atomic E-state index is 0.232. The Labute approximate surface area is 235 Å². The lowest BCUT2D eigenvalue weighted by Gasteiger charge is -2.33. The van der Waals surface area contributed by atoms with Gasteiger partial charge in [0.25, 0.3) is 0 Å². The summed E-state index contributed by atoms with van der Waals surface area (Å²) in [4.78, 5) is 1.42. The number of aryl methyl sites for hydroxylation is 1. The van der Waals surface area contributed by atoms with Crippen molar-refractivity contribution in [3.63, 3.8) is 0 Å². The number of hydrogen-bond donors (Lipinski definition) is 2.